The fourth-order valence-corrected chi connectivity index (χ4v) is 3.16. The molecule has 0 bridgehead atoms. The van der Waals surface area contributed by atoms with Gasteiger partial charge in [-0.3, -0.25) is 0 Å². The molecule has 132 valence electrons. The lowest BCUT2D eigenvalue weighted by Crippen LogP contribution is -2.40. The number of fused-ring (bicyclic) bond motifs is 2. The van der Waals surface area contributed by atoms with Gasteiger partial charge in [0, 0.05) is 11.6 Å². The van der Waals surface area contributed by atoms with Gasteiger partial charge in [-0.2, -0.15) is 0 Å². The first-order valence-corrected chi connectivity index (χ1v) is 8.43. The molecule has 0 N–H and O–H groups in total. The molecule has 4 nitrogen and oxygen atoms in total. The lowest BCUT2D eigenvalue weighted by Gasteiger charge is -2.30. The Morgan fingerprint density at radius 3 is 2.36 bits per heavy atom. The van der Waals surface area contributed by atoms with Crippen molar-refractivity contribution in [2.75, 3.05) is 6.79 Å². The molecule has 2 aliphatic heterocycles. The molecule has 0 saturated heterocycles. The molecule has 5 heteroatoms. The molecule has 0 spiro atoms. The summed E-state index contributed by atoms with van der Waals surface area (Å²) in [4.78, 5) is 0. The van der Waals surface area contributed by atoms with Crippen molar-refractivity contribution in [2.24, 2.45) is 0 Å². The van der Waals surface area contributed by atoms with Crippen LogP contribution in [-0.2, 0) is 5.41 Å². The van der Waals surface area contributed by atoms with E-state index in [1.54, 1.807) is 6.07 Å². The molecule has 1 atom stereocenters. The van der Waals surface area contributed by atoms with E-state index in [0.717, 1.165) is 0 Å². The third-order valence-electron chi connectivity index (χ3n) is 4.85. The molecule has 0 fully saturated rings. The van der Waals surface area contributed by atoms with Gasteiger partial charge in [0.15, 0.2) is 23.0 Å². The maximum Gasteiger partial charge on any atom is 0.250 e. The van der Waals surface area contributed by atoms with E-state index < -0.39 is 11.7 Å². The van der Waals surface area contributed by atoms with Crippen LogP contribution in [-0.4, -0.2) is 13.1 Å². The van der Waals surface area contributed by atoms with Crippen molar-refractivity contribution in [3.8, 4) is 23.0 Å². The summed E-state index contributed by atoms with van der Waals surface area (Å²) in [5, 5.41) is 0. The topological polar surface area (TPSA) is 36.9 Å². The predicted octanol–water partition coefficient (Wildman–Crippen LogP) is 4.75. The zero-order valence-corrected chi connectivity index (χ0v) is 14.8. The van der Waals surface area contributed by atoms with E-state index >= 15 is 0 Å². The summed E-state index contributed by atoms with van der Waals surface area (Å²) in [5.74, 6) is 2.39. The number of hydrogen-bond donors (Lipinski definition) is 0. The van der Waals surface area contributed by atoms with Crippen molar-refractivity contribution in [1.82, 2.24) is 0 Å². The summed E-state index contributed by atoms with van der Waals surface area (Å²) in [6.07, 6.45) is -0.625. The molecule has 0 aromatic heterocycles. The minimum Gasteiger partial charge on any atom is -0.454 e. The first-order chi connectivity index (χ1) is 11.9. The summed E-state index contributed by atoms with van der Waals surface area (Å²) < 4.78 is 37.3. The second-order valence-corrected chi connectivity index (χ2v) is 7.34. The van der Waals surface area contributed by atoms with Gasteiger partial charge in [0.05, 0.1) is 5.41 Å². The van der Waals surface area contributed by atoms with Crippen LogP contribution >= 0.6 is 0 Å². The quantitative estimate of drug-likeness (QED) is 0.805. The first kappa shape index (κ1) is 16.1. The second kappa shape index (κ2) is 5.55. The molecule has 0 aliphatic carbocycles. The molecular formula is C20H21FO4. The van der Waals surface area contributed by atoms with E-state index in [4.69, 9.17) is 18.9 Å². The highest BCUT2D eigenvalue weighted by Gasteiger charge is 2.42. The largest absolute Gasteiger partial charge is 0.454 e. The van der Waals surface area contributed by atoms with E-state index in [9.17, 15) is 4.39 Å². The highest BCUT2D eigenvalue weighted by Crippen LogP contribution is 2.45. The van der Waals surface area contributed by atoms with Crippen molar-refractivity contribution < 1.29 is 23.3 Å². The van der Waals surface area contributed by atoms with Crippen LogP contribution in [0.1, 0.15) is 44.7 Å². The molecular weight excluding hydrogens is 323 g/mol. The highest BCUT2D eigenvalue weighted by atomic mass is 19.1. The van der Waals surface area contributed by atoms with Gasteiger partial charge in [-0.15, -0.1) is 0 Å². The zero-order valence-electron chi connectivity index (χ0n) is 14.8. The summed E-state index contributed by atoms with van der Waals surface area (Å²) in [7, 11) is 0. The monoisotopic (exact) mass is 344 g/mol. The Bertz CT molecular complexity index is 829. The average molecular weight is 344 g/mol. The van der Waals surface area contributed by atoms with Crippen LogP contribution in [0.3, 0.4) is 0 Å². The summed E-state index contributed by atoms with van der Waals surface area (Å²) in [6, 6.07) is 8.97. The molecule has 0 saturated carbocycles. The van der Waals surface area contributed by atoms with Crippen LogP contribution in [0, 0.1) is 5.82 Å². The smallest absolute Gasteiger partial charge is 0.250 e. The van der Waals surface area contributed by atoms with Gasteiger partial charge >= 0.3 is 0 Å². The molecule has 2 aromatic rings. The highest BCUT2D eigenvalue weighted by molar-refractivity contribution is 5.49. The average Bonchev–Trinajstić information content (AvgIpc) is 3.19. The van der Waals surface area contributed by atoms with Crippen molar-refractivity contribution in [1.29, 1.82) is 0 Å². The van der Waals surface area contributed by atoms with Crippen LogP contribution in [0.4, 0.5) is 4.39 Å². The van der Waals surface area contributed by atoms with Crippen molar-refractivity contribution in [3.05, 3.63) is 47.3 Å². The third kappa shape index (κ3) is 2.58. The van der Waals surface area contributed by atoms with Gasteiger partial charge in [0.25, 0.3) is 6.29 Å². The van der Waals surface area contributed by atoms with Gasteiger partial charge < -0.3 is 18.9 Å². The van der Waals surface area contributed by atoms with Crippen LogP contribution in [0.2, 0.25) is 0 Å². The Kier molecular flexibility index (Phi) is 3.56. The maximum absolute atomic E-state index is 14.6. The molecule has 1 unspecified atom stereocenters. The lowest BCUT2D eigenvalue weighted by molar-refractivity contribution is -0.0118. The molecule has 25 heavy (non-hydrogen) atoms. The molecule has 2 aliphatic rings. The first-order valence-electron chi connectivity index (χ1n) is 8.43. The Hall–Kier alpha value is -2.43. The van der Waals surface area contributed by atoms with Crippen molar-refractivity contribution in [3.63, 3.8) is 0 Å². The van der Waals surface area contributed by atoms with Gasteiger partial charge in [-0.1, -0.05) is 19.9 Å². The van der Waals surface area contributed by atoms with Gasteiger partial charge in [0.2, 0.25) is 6.79 Å². The molecule has 4 rings (SSSR count). The minimum atomic E-state index is -0.720. The number of rotatable bonds is 3. The Morgan fingerprint density at radius 1 is 0.960 bits per heavy atom. The van der Waals surface area contributed by atoms with Gasteiger partial charge in [-0.05, 0) is 43.5 Å². The number of benzene rings is 2. The third-order valence-corrected chi connectivity index (χ3v) is 4.85. The van der Waals surface area contributed by atoms with Crippen LogP contribution < -0.4 is 18.9 Å². The fraction of sp³-hybridized carbons (Fsp3) is 0.400. The summed E-state index contributed by atoms with van der Waals surface area (Å²) in [6.45, 7) is 8.15. The maximum atomic E-state index is 14.6. The summed E-state index contributed by atoms with van der Waals surface area (Å²) in [5.41, 5.74) is 0.927. The predicted molar refractivity (Wildman–Crippen MR) is 91.1 cm³/mol. The van der Waals surface area contributed by atoms with E-state index in [2.05, 4.69) is 13.8 Å². The van der Waals surface area contributed by atoms with Gasteiger partial charge in [0.1, 0.15) is 5.82 Å². The lowest BCUT2D eigenvalue weighted by atomic mass is 9.83. The SMILES string of the molecule is CC(C)c1ccc2c(c1)OC(C(C)(C)c1cc3c(cc1F)OCO3)O2. The Balaban J connectivity index is 1.66. The van der Waals surface area contributed by atoms with Crippen LogP contribution in [0.25, 0.3) is 0 Å². The van der Waals surface area contributed by atoms with Crippen LogP contribution in [0.5, 0.6) is 23.0 Å². The second-order valence-electron chi connectivity index (χ2n) is 7.34. The normalized spacial score (nSPS) is 18.1. The van der Waals surface area contributed by atoms with E-state index in [1.807, 2.05) is 32.0 Å². The number of hydrogen-bond acceptors (Lipinski definition) is 4. The van der Waals surface area contributed by atoms with Crippen LogP contribution in [0.15, 0.2) is 30.3 Å². The van der Waals surface area contributed by atoms with E-state index in [1.165, 1.54) is 11.6 Å². The standard InChI is InChI=1S/C20H21FO4/c1-11(2)12-5-6-15-18(7-12)25-19(24-15)20(3,4)13-8-16-17(9-14(13)21)23-10-22-16/h5-9,11,19H,10H2,1-4H3. The zero-order chi connectivity index (χ0) is 17.8. The molecule has 0 radical (unpaired) electrons. The molecule has 2 heterocycles. The Labute approximate surface area is 146 Å². The summed E-state index contributed by atoms with van der Waals surface area (Å²) >= 11 is 0. The van der Waals surface area contributed by atoms with Crippen molar-refractivity contribution in [2.45, 2.75) is 45.3 Å². The minimum absolute atomic E-state index is 0.110. The van der Waals surface area contributed by atoms with E-state index in [-0.39, 0.29) is 12.6 Å². The van der Waals surface area contributed by atoms with Gasteiger partial charge in [-0.25, -0.2) is 4.39 Å². The Morgan fingerprint density at radius 2 is 1.64 bits per heavy atom. The molecule has 2 aromatic carbocycles. The number of halogens is 1. The van der Waals surface area contributed by atoms with E-state index in [0.29, 0.717) is 34.5 Å². The number of ether oxygens (including phenoxy) is 4. The van der Waals surface area contributed by atoms with Crippen molar-refractivity contribution >= 4 is 0 Å². The molecule has 0 amide bonds. The fourth-order valence-electron chi connectivity index (χ4n) is 3.16.